The number of nitrogens with zero attached hydrogens (tertiary/aromatic N) is 3. The van der Waals surface area contributed by atoms with E-state index in [2.05, 4.69) is 15.3 Å². The number of rotatable bonds is 5. The molecule has 0 unspecified atom stereocenters. The van der Waals surface area contributed by atoms with Gasteiger partial charge in [0.05, 0.1) is 5.69 Å². The van der Waals surface area contributed by atoms with E-state index in [0.717, 1.165) is 16.8 Å². The van der Waals surface area contributed by atoms with Gasteiger partial charge in [-0.3, -0.25) is 9.78 Å². The Balaban J connectivity index is 1.94. The maximum atomic E-state index is 12.3. The molecule has 6 nitrogen and oxygen atoms in total. The number of H-pyrrole nitrogens is 1. The van der Waals surface area contributed by atoms with Gasteiger partial charge in [-0.1, -0.05) is 42.5 Å². The lowest BCUT2D eigenvalue weighted by molar-refractivity contribution is 1.03. The average molecular weight is 345 g/mol. The number of anilines is 2. The molecule has 2 aromatic carbocycles. The van der Waals surface area contributed by atoms with E-state index >= 15 is 0 Å². The van der Waals surface area contributed by atoms with Gasteiger partial charge in [-0.05, 0) is 17.7 Å². The van der Waals surface area contributed by atoms with Crippen molar-refractivity contribution in [1.82, 2.24) is 9.97 Å². The second-order valence-electron chi connectivity index (χ2n) is 6.03. The summed E-state index contributed by atoms with van der Waals surface area (Å²) in [5.41, 5.74) is 2.74. The number of nitriles is 1. The largest absolute Gasteiger partial charge is 0.378 e. The number of benzene rings is 2. The van der Waals surface area contributed by atoms with Crippen LogP contribution in [0.2, 0.25) is 0 Å². The first-order chi connectivity index (χ1) is 12.6. The highest BCUT2D eigenvalue weighted by Gasteiger charge is 2.13. The summed E-state index contributed by atoms with van der Waals surface area (Å²) in [6, 6.07) is 19.3. The minimum Gasteiger partial charge on any atom is -0.378 e. The zero-order valence-electron chi connectivity index (χ0n) is 14.7. The molecule has 0 aliphatic rings. The van der Waals surface area contributed by atoms with Crippen LogP contribution < -0.4 is 15.8 Å². The van der Waals surface area contributed by atoms with Crippen molar-refractivity contribution < 1.29 is 0 Å². The molecule has 3 rings (SSSR count). The first-order valence-corrected chi connectivity index (χ1v) is 8.18. The van der Waals surface area contributed by atoms with Gasteiger partial charge in [-0.25, -0.2) is 4.98 Å². The molecular formula is C20H19N5O. The summed E-state index contributed by atoms with van der Waals surface area (Å²) < 4.78 is 0. The van der Waals surface area contributed by atoms with Crippen LogP contribution in [0, 0.1) is 11.3 Å². The molecule has 1 heterocycles. The van der Waals surface area contributed by atoms with Crippen LogP contribution in [0.5, 0.6) is 0 Å². The van der Waals surface area contributed by atoms with Crippen LogP contribution in [-0.4, -0.2) is 24.1 Å². The van der Waals surface area contributed by atoms with Gasteiger partial charge in [0.2, 0.25) is 5.95 Å². The van der Waals surface area contributed by atoms with Crippen molar-refractivity contribution >= 4 is 11.6 Å². The Hall–Kier alpha value is -3.59. The van der Waals surface area contributed by atoms with E-state index in [4.69, 9.17) is 0 Å². The van der Waals surface area contributed by atoms with Gasteiger partial charge in [-0.2, -0.15) is 5.26 Å². The van der Waals surface area contributed by atoms with Gasteiger partial charge < -0.3 is 10.2 Å². The van der Waals surface area contributed by atoms with Gasteiger partial charge >= 0.3 is 0 Å². The number of nitrogens with one attached hydrogen (secondary N) is 2. The summed E-state index contributed by atoms with van der Waals surface area (Å²) in [6.45, 7) is 0.523. The summed E-state index contributed by atoms with van der Waals surface area (Å²) in [7, 11) is 3.90. The third-order valence-electron chi connectivity index (χ3n) is 3.99. The topological polar surface area (TPSA) is 84.8 Å². The summed E-state index contributed by atoms with van der Waals surface area (Å²) >= 11 is 0. The van der Waals surface area contributed by atoms with Gasteiger partial charge in [0.15, 0.2) is 0 Å². The minimum atomic E-state index is -0.454. The van der Waals surface area contributed by atoms with Gasteiger partial charge in [-0.15, -0.1) is 0 Å². The Bertz CT molecular complexity index is 985. The molecule has 0 radical (unpaired) electrons. The van der Waals surface area contributed by atoms with Crippen molar-refractivity contribution in [1.29, 1.82) is 5.26 Å². The van der Waals surface area contributed by atoms with Crippen molar-refractivity contribution in [2.75, 3.05) is 24.3 Å². The fourth-order valence-corrected chi connectivity index (χ4v) is 2.57. The molecule has 1 aromatic heterocycles. The molecule has 0 spiro atoms. The maximum absolute atomic E-state index is 12.3. The Morgan fingerprint density at radius 3 is 2.42 bits per heavy atom. The predicted octanol–water partition coefficient (Wildman–Crippen LogP) is 2.99. The van der Waals surface area contributed by atoms with Gasteiger partial charge in [0.25, 0.3) is 5.56 Å². The Kier molecular flexibility index (Phi) is 4.99. The van der Waals surface area contributed by atoms with Crippen molar-refractivity contribution in [2.24, 2.45) is 0 Å². The predicted molar refractivity (Wildman–Crippen MR) is 103 cm³/mol. The molecule has 6 heteroatoms. The molecule has 0 aliphatic carbocycles. The molecule has 130 valence electrons. The highest BCUT2D eigenvalue weighted by Crippen LogP contribution is 2.23. The first-order valence-electron chi connectivity index (χ1n) is 8.18. The summed E-state index contributed by atoms with van der Waals surface area (Å²) in [6.07, 6.45) is 0. The third-order valence-corrected chi connectivity index (χ3v) is 3.99. The molecule has 0 saturated carbocycles. The minimum absolute atomic E-state index is 0.00728. The van der Waals surface area contributed by atoms with Crippen LogP contribution in [0.15, 0.2) is 59.4 Å². The quantitative estimate of drug-likeness (QED) is 0.742. The Morgan fingerprint density at radius 2 is 1.81 bits per heavy atom. The molecular weight excluding hydrogens is 326 g/mol. The molecule has 3 aromatic rings. The monoisotopic (exact) mass is 345 g/mol. The van der Waals surface area contributed by atoms with E-state index in [9.17, 15) is 10.1 Å². The summed E-state index contributed by atoms with van der Waals surface area (Å²) in [5.74, 6) is 0.338. The van der Waals surface area contributed by atoms with Crippen LogP contribution in [-0.2, 0) is 6.54 Å². The number of aromatic amines is 1. The summed E-state index contributed by atoms with van der Waals surface area (Å²) in [5, 5.41) is 12.5. The second-order valence-corrected chi connectivity index (χ2v) is 6.03. The number of hydrogen-bond donors (Lipinski definition) is 2. The van der Waals surface area contributed by atoms with Crippen molar-refractivity contribution in [2.45, 2.75) is 6.54 Å². The van der Waals surface area contributed by atoms with E-state index in [-0.39, 0.29) is 5.56 Å². The van der Waals surface area contributed by atoms with E-state index < -0.39 is 5.56 Å². The highest BCUT2D eigenvalue weighted by atomic mass is 16.1. The number of aromatic nitrogens is 2. The van der Waals surface area contributed by atoms with Crippen LogP contribution in [0.1, 0.15) is 11.1 Å². The van der Waals surface area contributed by atoms with Crippen molar-refractivity contribution in [3.05, 3.63) is 76.1 Å². The van der Waals surface area contributed by atoms with E-state index in [1.165, 1.54) is 0 Å². The van der Waals surface area contributed by atoms with Crippen LogP contribution >= 0.6 is 0 Å². The van der Waals surface area contributed by atoms with Crippen molar-refractivity contribution in [3.8, 4) is 17.3 Å². The summed E-state index contributed by atoms with van der Waals surface area (Å²) in [4.78, 5) is 21.4. The van der Waals surface area contributed by atoms with Crippen LogP contribution in [0.25, 0.3) is 11.3 Å². The molecule has 26 heavy (non-hydrogen) atoms. The van der Waals surface area contributed by atoms with Crippen molar-refractivity contribution in [3.63, 3.8) is 0 Å². The zero-order chi connectivity index (χ0) is 18.5. The maximum Gasteiger partial charge on any atom is 0.270 e. The SMILES string of the molecule is CN(C)c1ccc(-c2nc(NCc3ccccc3)[nH]c(=O)c2C#N)cc1. The first kappa shape index (κ1) is 17.2. The lowest BCUT2D eigenvalue weighted by atomic mass is 10.1. The zero-order valence-corrected chi connectivity index (χ0v) is 14.7. The highest BCUT2D eigenvalue weighted by molar-refractivity contribution is 5.69. The lowest BCUT2D eigenvalue weighted by Crippen LogP contribution is -2.17. The lowest BCUT2D eigenvalue weighted by Gasteiger charge is -2.13. The van der Waals surface area contributed by atoms with E-state index in [1.54, 1.807) is 0 Å². The fraction of sp³-hybridized carbons (Fsp3) is 0.150. The Morgan fingerprint density at radius 1 is 1.12 bits per heavy atom. The molecule has 2 N–H and O–H groups in total. The molecule has 0 bridgehead atoms. The fourth-order valence-electron chi connectivity index (χ4n) is 2.57. The number of hydrogen-bond acceptors (Lipinski definition) is 5. The average Bonchev–Trinajstić information content (AvgIpc) is 2.67. The third kappa shape index (κ3) is 3.73. The second kappa shape index (κ2) is 7.53. The van der Waals surface area contributed by atoms with Gasteiger partial charge in [0, 0.05) is 31.9 Å². The van der Waals surface area contributed by atoms with Crippen LogP contribution in [0.3, 0.4) is 0 Å². The molecule has 0 atom stereocenters. The molecule has 0 amide bonds. The Labute approximate surface area is 151 Å². The standard InChI is InChI=1S/C20H19N5O/c1-25(2)16-10-8-15(9-11-16)18-17(12-21)19(26)24-20(23-18)22-13-14-6-4-3-5-7-14/h3-11H,13H2,1-2H3,(H2,22,23,24,26). The molecule has 0 aliphatic heterocycles. The molecule has 0 fully saturated rings. The normalized spacial score (nSPS) is 10.2. The smallest absolute Gasteiger partial charge is 0.270 e. The van der Waals surface area contributed by atoms with Crippen LogP contribution in [0.4, 0.5) is 11.6 Å². The molecule has 0 saturated heterocycles. The van der Waals surface area contributed by atoms with E-state index in [1.807, 2.05) is 79.7 Å². The van der Waals surface area contributed by atoms with Gasteiger partial charge in [0.1, 0.15) is 11.6 Å². The van der Waals surface area contributed by atoms with E-state index in [0.29, 0.717) is 18.2 Å².